The summed E-state index contributed by atoms with van der Waals surface area (Å²) < 4.78 is 18.9. The zero-order valence-electron chi connectivity index (χ0n) is 18.0. The Morgan fingerprint density at radius 2 is 2.03 bits per heavy atom. The number of anilines is 1. The number of amides is 2. The Morgan fingerprint density at radius 1 is 1.18 bits per heavy atom. The molecule has 176 valence electrons. The number of hydrogen-bond acceptors (Lipinski definition) is 6. The topological polar surface area (TPSA) is 112 Å². The highest BCUT2D eigenvalue weighted by Gasteiger charge is 2.21. The van der Waals surface area contributed by atoms with E-state index in [9.17, 15) is 9.59 Å². The van der Waals surface area contributed by atoms with Crippen LogP contribution in [0.4, 0.5) is 5.69 Å². The second-order valence-electron chi connectivity index (χ2n) is 7.09. The van der Waals surface area contributed by atoms with Crippen molar-refractivity contribution >= 4 is 45.0 Å². The van der Waals surface area contributed by atoms with Crippen LogP contribution < -0.4 is 15.4 Å². The Hall–Kier alpha value is -3.50. The number of rotatable bonds is 9. The van der Waals surface area contributed by atoms with Crippen molar-refractivity contribution in [2.24, 2.45) is 0 Å². The molecule has 3 aromatic heterocycles. The molecule has 0 aliphatic rings. The van der Waals surface area contributed by atoms with Crippen LogP contribution in [0.5, 0.6) is 5.75 Å². The normalized spacial score (nSPS) is 10.8. The maximum Gasteiger partial charge on any atom is 0.291 e. The molecule has 11 heteroatoms. The van der Waals surface area contributed by atoms with Gasteiger partial charge in [-0.2, -0.15) is 5.10 Å². The summed E-state index contributed by atoms with van der Waals surface area (Å²) in [6.07, 6.45) is 3.11. The van der Waals surface area contributed by atoms with Gasteiger partial charge in [-0.3, -0.25) is 14.3 Å². The molecule has 0 aliphatic heterocycles. The second kappa shape index (κ2) is 10.6. The van der Waals surface area contributed by atoms with E-state index in [0.29, 0.717) is 28.8 Å². The van der Waals surface area contributed by atoms with E-state index < -0.39 is 11.8 Å². The number of nitrogens with zero attached hydrogens (tertiary/aromatic N) is 2. The minimum absolute atomic E-state index is 0.0618. The average molecular weight is 548 g/mol. The van der Waals surface area contributed by atoms with Crippen molar-refractivity contribution in [2.45, 2.75) is 26.6 Å². The zero-order valence-corrected chi connectivity index (χ0v) is 20.4. The maximum atomic E-state index is 12.8. The third-order valence-corrected chi connectivity index (χ3v) is 5.49. The van der Waals surface area contributed by atoms with Gasteiger partial charge >= 0.3 is 0 Å². The molecule has 4 aromatic rings. The number of carbonyl (C=O) groups excluding carboxylic acids is 2. The van der Waals surface area contributed by atoms with Crippen LogP contribution in [0.1, 0.15) is 39.5 Å². The molecule has 0 spiro atoms. The minimum Gasteiger partial charge on any atom is -0.484 e. The number of carbonyl (C=O) groups is 2. The van der Waals surface area contributed by atoms with Crippen LogP contribution in [-0.4, -0.2) is 21.6 Å². The minimum atomic E-state index is -0.524. The molecule has 1 aromatic carbocycles. The Balaban J connectivity index is 1.41. The number of halogens is 2. The molecule has 2 N–H and O–H groups in total. The molecule has 2 amide bonds. The Bertz CT molecular complexity index is 1300. The van der Waals surface area contributed by atoms with E-state index in [-0.39, 0.29) is 30.3 Å². The highest BCUT2D eigenvalue weighted by molar-refractivity contribution is 9.10. The standard InChI is InChI=1S/C23H20BrClN4O5/c1-2-29-12-18(21(28-29)23(31)26-11-15-4-3-9-32-15)27-22(30)20-8-6-16(34-20)13-33-19-7-5-14(24)10-17(19)25/h3-10,12H,2,11,13H2,1H3,(H,26,31)(H,27,30). The van der Waals surface area contributed by atoms with Crippen LogP contribution in [-0.2, 0) is 19.7 Å². The summed E-state index contributed by atoms with van der Waals surface area (Å²) in [6, 6.07) is 11.9. The van der Waals surface area contributed by atoms with Crippen LogP contribution in [0, 0.1) is 0 Å². The highest BCUT2D eigenvalue weighted by Crippen LogP contribution is 2.28. The van der Waals surface area contributed by atoms with Crippen molar-refractivity contribution in [3.05, 3.63) is 87.4 Å². The van der Waals surface area contributed by atoms with Crippen LogP contribution in [0.15, 0.2) is 68.2 Å². The van der Waals surface area contributed by atoms with Crippen molar-refractivity contribution < 1.29 is 23.2 Å². The molecule has 34 heavy (non-hydrogen) atoms. The number of aromatic nitrogens is 2. The number of furan rings is 2. The smallest absolute Gasteiger partial charge is 0.291 e. The van der Waals surface area contributed by atoms with E-state index in [1.54, 1.807) is 47.3 Å². The van der Waals surface area contributed by atoms with Gasteiger partial charge in [0, 0.05) is 17.2 Å². The van der Waals surface area contributed by atoms with Crippen molar-refractivity contribution in [2.75, 3.05) is 5.32 Å². The van der Waals surface area contributed by atoms with Crippen molar-refractivity contribution in [1.29, 1.82) is 0 Å². The first-order valence-electron chi connectivity index (χ1n) is 10.3. The van der Waals surface area contributed by atoms with Gasteiger partial charge in [-0.25, -0.2) is 0 Å². The average Bonchev–Trinajstić information content (AvgIpc) is 3.58. The lowest BCUT2D eigenvalue weighted by Gasteiger charge is -2.07. The lowest BCUT2D eigenvalue weighted by atomic mass is 10.3. The summed E-state index contributed by atoms with van der Waals surface area (Å²) in [5.74, 6) is 0.618. The van der Waals surface area contributed by atoms with Gasteiger partial charge in [0.1, 0.15) is 23.9 Å². The maximum absolute atomic E-state index is 12.8. The lowest BCUT2D eigenvalue weighted by molar-refractivity contribution is 0.0943. The molecule has 0 bridgehead atoms. The summed E-state index contributed by atoms with van der Waals surface area (Å²) in [5, 5.41) is 10.1. The molecule has 0 radical (unpaired) electrons. The SMILES string of the molecule is CCn1cc(NC(=O)c2ccc(COc3ccc(Br)cc3Cl)o2)c(C(=O)NCc2ccco2)n1. The second-order valence-corrected chi connectivity index (χ2v) is 8.42. The van der Waals surface area contributed by atoms with Gasteiger partial charge in [0.05, 0.1) is 23.5 Å². The quantitative estimate of drug-likeness (QED) is 0.295. The molecule has 4 rings (SSSR count). The molecule has 9 nitrogen and oxygen atoms in total. The molecule has 0 saturated heterocycles. The Kier molecular flexibility index (Phi) is 7.39. The number of aryl methyl sites for hydroxylation is 1. The van der Waals surface area contributed by atoms with Gasteiger partial charge in [0.2, 0.25) is 0 Å². The van der Waals surface area contributed by atoms with E-state index >= 15 is 0 Å². The molecule has 0 aliphatic carbocycles. The number of nitrogens with one attached hydrogen (secondary N) is 2. The molecular weight excluding hydrogens is 528 g/mol. The van der Waals surface area contributed by atoms with E-state index in [0.717, 1.165) is 4.47 Å². The van der Waals surface area contributed by atoms with Crippen LogP contribution >= 0.6 is 27.5 Å². The van der Waals surface area contributed by atoms with Gasteiger partial charge in [-0.15, -0.1) is 0 Å². The first kappa shape index (κ1) is 23.7. The fourth-order valence-corrected chi connectivity index (χ4v) is 3.74. The van der Waals surface area contributed by atoms with E-state index in [4.69, 9.17) is 25.2 Å². The zero-order chi connectivity index (χ0) is 24.1. The fraction of sp³-hybridized carbons (Fsp3) is 0.174. The van der Waals surface area contributed by atoms with E-state index in [2.05, 4.69) is 31.7 Å². The number of ether oxygens (including phenoxy) is 1. The Labute approximate surface area is 208 Å². The van der Waals surface area contributed by atoms with Crippen LogP contribution in [0.2, 0.25) is 5.02 Å². The highest BCUT2D eigenvalue weighted by atomic mass is 79.9. The first-order valence-corrected chi connectivity index (χ1v) is 11.5. The van der Waals surface area contributed by atoms with Crippen molar-refractivity contribution in [1.82, 2.24) is 15.1 Å². The molecular formula is C23H20BrClN4O5. The monoisotopic (exact) mass is 546 g/mol. The van der Waals surface area contributed by atoms with Gasteiger partial charge in [0.25, 0.3) is 11.8 Å². The van der Waals surface area contributed by atoms with Crippen LogP contribution in [0.3, 0.4) is 0 Å². The van der Waals surface area contributed by atoms with Gasteiger partial charge in [-0.05, 0) is 49.4 Å². The van der Waals surface area contributed by atoms with Crippen molar-refractivity contribution in [3.63, 3.8) is 0 Å². The van der Waals surface area contributed by atoms with Gasteiger partial charge < -0.3 is 24.2 Å². The van der Waals surface area contributed by atoms with Gasteiger partial charge in [-0.1, -0.05) is 27.5 Å². The Morgan fingerprint density at radius 3 is 2.76 bits per heavy atom. The van der Waals surface area contributed by atoms with Gasteiger partial charge in [0.15, 0.2) is 11.5 Å². The summed E-state index contributed by atoms with van der Waals surface area (Å²) in [5.41, 5.74) is 0.349. The third kappa shape index (κ3) is 5.70. The lowest BCUT2D eigenvalue weighted by Crippen LogP contribution is -2.25. The largest absolute Gasteiger partial charge is 0.484 e. The third-order valence-electron chi connectivity index (χ3n) is 4.70. The summed E-state index contributed by atoms with van der Waals surface area (Å²) in [6.45, 7) is 2.68. The molecule has 0 atom stereocenters. The first-order chi connectivity index (χ1) is 16.4. The fourth-order valence-electron chi connectivity index (χ4n) is 3.01. The van der Waals surface area contributed by atoms with E-state index in [1.807, 2.05) is 6.92 Å². The molecule has 0 unspecified atom stereocenters. The predicted octanol–water partition coefficient (Wildman–Crippen LogP) is 5.27. The van der Waals surface area contributed by atoms with Crippen molar-refractivity contribution in [3.8, 4) is 5.75 Å². The molecule has 0 fully saturated rings. The summed E-state index contributed by atoms with van der Waals surface area (Å²) >= 11 is 9.49. The molecule has 0 saturated carbocycles. The van der Waals surface area contributed by atoms with E-state index in [1.165, 1.54) is 12.3 Å². The van der Waals surface area contributed by atoms with Crippen LogP contribution in [0.25, 0.3) is 0 Å². The number of benzene rings is 1. The predicted molar refractivity (Wildman–Crippen MR) is 128 cm³/mol. The summed E-state index contributed by atoms with van der Waals surface area (Å²) in [7, 11) is 0. The molecule has 3 heterocycles. The summed E-state index contributed by atoms with van der Waals surface area (Å²) in [4.78, 5) is 25.4. The number of hydrogen-bond donors (Lipinski definition) is 2.